The number of hydrogen-bond acceptors (Lipinski definition) is 8. The van der Waals surface area contributed by atoms with Crippen molar-refractivity contribution in [3.8, 4) is 0 Å². The fourth-order valence-corrected chi connectivity index (χ4v) is 2.30. The van der Waals surface area contributed by atoms with Gasteiger partial charge in [-0.1, -0.05) is 0 Å². The summed E-state index contributed by atoms with van der Waals surface area (Å²) in [5.41, 5.74) is 0. The van der Waals surface area contributed by atoms with E-state index in [0.717, 1.165) is 18.1 Å². The van der Waals surface area contributed by atoms with Crippen molar-refractivity contribution in [3.05, 3.63) is 32.9 Å². The lowest BCUT2D eigenvalue weighted by molar-refractivity contribution is -0.402. The minimum Gasteiger partial charge on any atom is -0.468 e. The molecule has 1 aliphatic heterocycles. The van der Waals surface area contributed by atoms with Crippen molar-refractivity contribution in [2.45, 2.75) is 0 Å². The molecule has 9 nitrogen and oxygen atoms in total. The number of hydrogen-bond donors (Lipinski definition) is 0. The van der Waals surface area contributed by atoms with E-state index >= 15 is 0 Å². The fourth-order valence-electron chi connectivity index (χ4n) is 1.48. The summed E-state index contributed by atoms with van der Waals surface area (Å²) in [6.45, 7) is -0.489. The monoisotopic (exact) mass is 312 g/mol. The molecule has 1 saturated heterocycles. The van der Waals surface area contributed by atoms with Crippen LogP contribution in [0.15, 0.2) is 21.5 Å². The third kappa shape index (κ3) is 3.11. The number of amides is 2. The molecule has 0 bridgehead atoms. The maximum Gasteiger partial charge on any atom is 0.433 e. The van der Waals surface area contributed by atoms with Crippen molar-refractivity contribution >= 4 is 40.8 Å². The first-order valence-corrected chi connectivity index (χ1v) is 6.30. The van der Waals surface area contributed by atoms with Crippen molar-refractivity contribution in [2.75, 3.05) is 13.7 Å². The van der Waals surface area contributed by atoms with Gasteiger partial charge in [-0.2, -0.15) is 0 Å². The summed E-state index contributed by atoms with van der Waals surface area (Å²) >= 11 is 0.608. The number of rotatable bonds is 4. The van der Waals surface area contributed by atoms with Gasteiger partial charge in [0.25, 0.3) is 11.1 Å². The van der Waals surface area contributed by atoms with E-state index in [0.29, 0.717) is 11.8 Å². The second kappa shape index (κ2) is 5.79. The summed E-state index contributed by atoms with van der Waals surface area (Å²) in [5, 5.41) is 9.85. The molecule has 1 aliphatic rings. The predicted octanol–water partition coefficient (Wildman–Crippen LogP) is 1.40. The summed E-state index contributed by atoms with van der Waals surface area (Å²) in [5.74, 6) is -1.83. The molecule has 0 aromatic carbocycles. The minimum atomic E-state index is -0.729. The standard InChI is InChI=1S/C11H8N2O7S/c1-19-9(14)5-12-10(15)7(21-11(12)16)4-6-2-3-8(20-6)13(17)18/h2-4H,5H2,1H3/b7-4+. The van der Waals surface area contributed by atoms with E-state index in [1.807, 2.05) is 0 Å². The number of nitrogens with zero attached hydrogens (tertiary/aromatic N) is 2. The average molecular weight is 312 g/mol. The Hall–Kier alpha value is -2.62. The molecular formula is C11H8N2O7S. The molecule has 0 atom stereocenters. The Morgan fingerprint density at radius 2 is 2.24 bits per heavy atom. The third-order valence-corrected chi connectivity index (χ3v) is 3.36. The molecular weight excluding hydrogens is 304 g/mol. The Kier molecular flexibility index (Phi) is 4.08. The number of methoxy groups -OCH3 is 1. The van der Waals surface area contributed by atoms with E-state index in [2.05, 4.69) is 4.74 Å². The second-order valence-corrected chi connectivity index (χ2v) is 4.77. The molecule has 2 heterocycles. The van der Waals surface area contributed by atoms with Gasteiger partial charge >= 0.3 is 11.9 Å². The van der Waals surface area contributed by atoms with E-state index in [9.17, 15) is 24.5 Å². The molecule has 1 aromatic rings. The van der Waals surface area contributed by atoms with Crippen molar-refractivity contribution < 1.29 is 28.5 Å². The van der Waals surface area contributed by atoms with E-state index in [4.69, 9.17) is 4.42 Å². The normalized spacial score (nSPS) is 16.6. The van der Waals surface area contributed by atoms with Crippen LogP contribution in [-0.2, 0) is 14.3 Å². The summed E-state index contributed by atoms with van der Waals surface area (Å²) in [6, 6.07) is 2.43. The zero-order valence-electron chi connectivity index (χ0n) is 10.6. The summed E-state index contributed by atoms with van der Waals surface area (Å²) < 4.78 is 9.25. The Morgan fingerprint density at radius 1 is 1.52 bits per heavy atom. The van der Waals surface area contributed by atoms with Crippen LogP contribution < -0.4 is 0 Å². The van der Waals surface area contributed by atoms with Gasteiger partial charge in [-0.25, -0.2) is 0 Å². The lowest BCUT2D eigenvalue weighted by Gasteiger charge is -2.09. The number of nitro groups is 1. The lowest BCUT2D eigenvalue weighted by atomic mass is 10.3. The zero-order valence-corrected chi connectivity index (χ0v) is 11.4. The Balaban J connectivity index is 2.19. The van der Waals surface area contributed by atoms with E-state index < -0.39 is 34.5 Å². The molecule has 2 amide bonds. The van der Waals surface area contributed by atoms with Gasteiger partial charge in [-0.05, 0) is 17.8 Å². The van der Waals surface area contributed by atoms with Crippen LogP contribution in [0.25, 0.3) is 6.08 Å². The molecule has 0 radical (unpaired) electrons. The van der Waals surface area contributed by atoms with Gasteiger partial charge < -0.3 is 9.15 Å². The molecule has 10 heteroatoms. The maximum atomic E-state index is 11.9. The molecule has 0 saturated carbocycles. The maximum absolute atomic E-state index is 11.9. The van der Waals surface area contributed by atoms with Crippen LogP contribution in [0.2, 0.25) is 0 Å². The SMILES string of the molecule is COC(=O)CN1C(=O)S/C(=C/c2ccc([N+](=O)[O-])o2)C1=O. The van der Waals surface area contributed by atoms with Crippen LogP contribution >= 0.6 is 11.8 Å². The van der Waals surface area contributed by atoms with Crippen LogP contribution in [0.1, 0.15) is 5.76 Å². The topological polar surface area (TPSA) is 120 Å². The van der Waals surface area contributed by atoms with Gasteiger partial charge in [0, 0.05) is 6.08 Å². The smallest absolute Gasteiger partial charge is 0.433 e. The second-order valence-electron chi connectivity index (χ2n) is 3.78. The predicted molar refractivity (Wildman–Crippen MR) is 70.1 cm³/mol. The van der Waals surface area contributed by atoms with Crippen molar-refractivity contribution in [2.24, 2.45) is 0 Å². The highest BCUT2D eigenvalue weighted by Gasteiger charge is 2.36. The first kappa shape index (κ1) is 14.8. The summed E-state index contributed by atoms with van der Waals surface area (Å²) in [6.07, 6.45) is 1.20. The number of carbonyl (C=O) groups excluding carboxylic acids is 3. The summed E-state index contributed by atoms with van der Waals surface area (Å²) in [7, 11) is 1.14. The van der Waals surface area contributed by atoms with Crippen LogP contribution in [-0.4, -0.2) is 40.6 Å². The first-order valence-electron chi connectivity index (χ1n) is 5.49. The first-order chi connectivity index (χ1) is 9.92. The zero-order chi connectivity index (χ0) is 15.6. The van der Waals surface area contributed by atoms with Crippen LogP contribution in [0.4, 0.5) is 10.7 Å². The van der Waals surface area contributed by atoms with Gasteiger partial charge in [0.15, 0.2) is 0 Å². The number of ether oxygens (including phenoxy) is 1. The van der Waals surface area contributed by atoms with Crippen LogP contribution in [0.5, 0.6) is 0 Å². The van der Waals surface area contributed by atoms with E-state index in [1.54, 1.807) is 0 Å². The lowest BCUT2D eigenvalue weighted by Crippen LogP contribution is -2.34. The van der Waals surface area contributed by atoms with Gasteiger partial charge in [-0.3, -0.25) is 29.4 Å². The quantitative estimate of drug-likeness (QED) is 0.354. The molecule has 0 unspecified atom stereocenters. The van der Waals surface area contributed by atoms with E-state index in [1.165, 1.54) is 12.1 Å². The molecule has 1 fully saturated rings. The van der Waals surface area contributed by atoms with Crippen molar-refractivity contribution in [1.29, 1.82) is 0 Å². The Labute approximate surface area is 121 Å². The van der Waals surface area contributed by atoms with E-state index in [-0.39, 0.29) is 10.7 Å². The number of imide groups is 1. The number of thioether (sulfide) groups is 1. The highest BCUT2D eigenvalue weighted by atomic mass is 32.2. The van der Waals surface area contributed by atoms with Gasteiger partial charge in [-0.15, -0.1) is 0 Å². The van der Waals surface area contributed by atoms with Crippen molar-refractivity contribution in [3.63, 3.8) is 0 Å². The van der Waals surface area contributed by atoms with Gasteiger partial charge in [0.1, 0.15) is 17.2 Å². The fraction of sp³-hybridized carbons (Fsp3) is 0.182. The molecule has 21 heavy (non-hydrogen) atoms. The number of esters is 1. The number of furan rings is 1. The highest BCUT2D eigenvalue weighted by molar-refractivity contribution is 8.18. The third-order valence-electron chi connectivity index (χ3n) is 2.45. The molecule has 0 spiro atoms. The minimum absolute atomic E-state index is 0.00755. The van der Waals surface area contributed by atoms with Crippen molar-refractivity contribution in [1.82, 2.24) is 4.90 Å². The highest BCUT2D eigenvalue weighted by Crippen LogP contribution is 2.32. The molecule has 0 N–H and O–H groups in total. The number of carbonyl (C=O) groups is 3. The molecule has 2 rings (SSSR count). The molecule has 0 aliphatic carbocycles. The average Bonchev–Trinajstić information content (AvgIpc) is 3.00. The van der Waals surface area contributed by atoms with Gasteiger partial charge in [0.05, 0.1) is 18.1 Å². The van der Waals surface area contributed by atoms with Gasteiger partial charge in [0.2, 0.25) is 0 Å². The molecule has 1 aromatic heterocycles. The Bertz CT molecular complexity index is 663. The van der Waals surface area contributed by atoms with Crippen LogP contribution in [0, 0.1) is 10.1 Å². The van der Waals surface area contributed by atoms with Crippen LogP contribution in [0.3, 0.4) is 0 Å². The Morgan fingerprint density at radius 3 is 2.81 bits per heavy atom. The summed E-state index contributed by atoms with van der Waals surface area (Å²) in [4.78, 5) is 45.2. The molecule has 110 valence electrons. The largest absolute Gasteiger partial charge is 0.468 e.